The van der Waals surface area contributed by atoms with E-state index in [4.69, 9.17) is 16.1 Å². The van der Waals surface area contributed by atoms with Crippen LogP contribution in [-0.2, 0) is 0 Å². The van der Waals surface area contributed by atoms with E-state index in [1.165, 1.54) is 4.68 Å². The van der Waals surface area contributed by atoms with Gasteiger partial charge in [-0.05, 0) is 43.3 Å². The predicted octanol–water partition coefficient (Wildman–Crippen LogP) is 4.22. The summed E-state index contributed by atoms with van der Waals surface area (Å²) in [6.45, 7) is 1.64. The van der Waals surface area contributed by atoms with Crippen LogP contribution in [-0.4, -0.2) is 25.1 Å². The third-order valence-corrected chi connectivity index (χ3v) is 4.01. The quantitative estimate of drug-likeness (QED) is 0.537. The van der Waals surface area contributed by atoms with E-state index in [2.05, 4.69) is 20.5 Å². The smallest absolute Gasteiger partial charge is 0.280 e. The Hall–Kier alpha value is -3.13. The van der Waals surface area contributed by atoms with Gasteiger partial charge in [0.05, 0.1) is 5.69 Å². The number of hydrogen-bond donors (Lipinski definition) is 0. The Kier molecular flexibility index (Phi) is 3.96. The summed E-state index contributed by atoms with van der Waals surface area (Å²) in [7, 11) is 0. The number of halogens is 3. The van der Waals surface area contributed by atoms with Crippen molar-refractivity contribution in [2.75, 3.05) is 0 Å². The molecule has 4 aromatic rings. The summed E-state index contributed by atoms with van der Waals surface area (Å²) in [5.74, 6) is -0.739. The lowest BCUT2D eigenvalue weighted by molar-refractivity contribution is 0.430. The lowest BCUT2D eigenvalue weighted by atomic mass is 10.2. The zero-order valence-electron chi connectivity index (χ0n) is 13.3. The van der Waals surface area contributed by atoms with Crippen LogP contribution in [0.4, 0.5) is 8.78 Å². The standard InChI is InChI=1S/C17H10ClF2N5O/c1-9-15(22-24-25(9)14-8-12(19)6-7-13(14)20)17-21-16(23-26-17)10-2-4-11(18)5-3-10/h2-8H,1H3. The van der Waals surface area contributed by atoms with Crippen molar-refractivity contribution in [3.8, 4) is 28.7 Å². The molecule has 0 unspecified atom stereocenters. The molecule has 0 saturated carbocycles. The third kappa shape index (κ3) is 2.84. The van der Waals surface area contributed by atoms with E-state index in [-0.39, 0.29) is 17.3 Å². The maximum Gasteiger partial charge on any atom is 0.280 e. The first kappa shape index (κ1) is 16.3. The number of nitrogens with zero attached hydrogens (tertiary/aromatic N) is 5. The molecule has 0 N–H and O–H groups in total. The molecule has 0 radical (unpaired) electrons. The molecule has 0 bridgehead atoms. The fraction of sp³-hybridized carbons (Fsp3) is 0.0588. The first-order valence-corrected chi connectivity index (χ1v) is 7.88. The fourth-order valence-electron chi connectivity index (χ4n) is 2.44. The Balaban J connectivity index is 1.73. The van der Waals surface area contributed by atoms with Crippen molar-refractivity contribution in [2.45, 2.75) is 6.92 Å². The second-order valence-electron chi connectivity index (χ2n) is 5.46. The molecule has 26 heavy (non-hydrogen) atoms. The van der Waals surface area contributed by atoms with Gasteiger partial charge in [-0.1, -0.05) is 22.0 Å². The van der Waals surface area contributed by atoms with E-state index in [0.29, 0.717) is 22.1 Å². The maximum atomic E-state index is 14.0. The molecule has 0 atom stereocenters. The molecule has 0 amide bonds. The van der Waals surface area contributed by atoms with Crippen LogP contribution in [0.25, 0.3) is 28.7 Å². The van der Waals surface area contributed by atoms with Crippen LogP contribution in [0.15, 0.2) is 47.0 Å². The average molecular weight is 374 g/mol. The molecule has 2 heterocycles. The zero-order chi connectivity index (χ0) is 18.3. The number of hydrogen-bond acceptors (Lipinski definition) is 5. The molecule has 0 aliphatic carbocycles. The fourth-order valence-corrected chi connectivity index (χ4v) is 2.57. The monoisotopic (exact) mass is 373 g/mol. The van der Waals surface area contributed by atoms with E-state index in [1.54, 1.807) is 31.2 Å². The lowest BCUT2D eigenvalue weighted by Gasteiger charge is -2.04. The molecule has 130 valence electrons. The molecule has 9 heteroatoms. The second kappa shape index (κ2) is 6.30. The van der Waals surface area contributed by atoms with Gasteiger partial charge in [0.25, 0.3) is 5.89 Å². The summed E-state index contributed by atoms with van der Waals surface area (Å²) < 4.78 is 33.8. The van der Waals surface area contributed by atoms with Gasteiger partial charge in [-0.3, -0.25) is 0 Å². The van der Waals surface area contributed by atoms with Crippen LogP contribution in [0.5, 0.6) is 0 Å². The Morgan fingerprint density at radius 2 is 1.85 bits per heavy atom. The number of rotatable bonds is 3. The summed E-state index contributed by atoms with van der Waals surface area (Å²) in [4.78, 5) is 4.28. The van der Waals surface area contributed by atoms with Crippen molar-refractivity contribution >= 4 is 11.6 Å². The summed E-state index contributed by atoms with van der Waals surface area (Å²) in [5, 5.41) is 12.3. The maximum absolute atomic E-state index is 14.0. The third-order valence-electron chi connectivity index (χ3n) is 3.76. The van der Waals surface area contributed by atoms with Gasteiger partial charge in [-0.2, -0.15) is 4.98 Å². The van der Waals surface area contributed by atoms with Crippen molar-refractivity contribution in [1.29, 1.82) is 0 Å². The molecule has 2 aromatic carbocycles. The Morgan fingerprint density at radius 3 is 2.62 bits per heavy atom. The molecule has 0 aliphatic heterocycles. The minimum absolute atomic E-state index is 0.0568. The number of benzene rings is 2. The van der Waals surface area contributed by atoms with Gasteiger partial charge >= 0.3 is 0 Å². The second-order valence-corrected chi connectivity index (χ2v) is 5.90. The summed E-state index contributed by atoms with van der Waals surface area (Å²) in [6.07, 6.45) is 0. The van der Waals surface area contributed by atoms with Crippen molar-refractivity contribution in [3.05, 3.63) is 64.8 Å². The van der Waals surface area contributed by atoms with Crippen molar-refractivity contribution in [1.82, 2.24) is 25.1 Å². The first-order chi connectivity index (χ1) is 12.5. The highest BCUT2D eigenvalue weighted by molar-refractivity contribution is 6.30. The SMILES string of the molecule is Cc1c(-c2nc(-c3ccc(Cl)cc3)no2)nnn1-c1cc(F)ccc1F. The summed E-state index contributed by atoms with van der Waals surface area (Å²) >= 11 is 5.86. The lowest BCUT2D eigenvalue weighted by Crippen LogP contribution is -2.03. The van der Waals surface area contributed by atoms with Crippen LogP contribution >= 0.6 is 11.6 Å². The molecule has 0 fully saturated rings. The zero-order valence-corrected chi connectivity index (χ0v) is 14.1. The highest BCUT2D eigenvalue weighted by Crippen LogP contribution is 2.26. The Morgan fingerprint density at radius 1 is 1.08 bits per heavy atom. The molecule has 4 rings (SSSR count). The molecule has 2 aromatic heterocycles. The first-order valence-electron chi connectivity index (χ1n) is 7.50. The van der Waals surface area contributed by atoms with Gasteiger partial charge in [0.2, 0.25) is 5.82 Å². The van der Waals surface area contributed by atoms with Crippen LogP contribution < -0.4 is 0 Å². The van der Waals surface area contributed by atoms with Gasteiger partial charge in [-0.15, -0.1) is 5.10 Å². The van der Waals surface area contributed by atoms with Gasteiger partial charge in [-0.25, -0.2) is 13.5 Å². The summed E-state index contributed by atoms with van der Waals surface area (Å²) in [6, 6.07) is 10.0. The van der Waals surface area contributed by atoms with Crippen molar-refractivity contribution in [3.63, 3.8) is 0 Å². The molecule has 0 saturated heterocycles. The highest BCUT2D eigenvalue weighted by atomic mass is 35.5. The normalized spacial score (nSPS) is 11.1. The minimum Gasteiger partial charge on any atom is -0.332 e. The molecule has 0 spiro atoms. The van der Waals surface area contributed by atoms with Gasteiger partial charge in [0.15, 0.2) is 5.69 Å². The van der Waals surface area contributed by atoms with E-state index in [0.717, 1.165) is 18.2 Å². The average Bonchev–Trinajstić information content (AvgIpc) is 3.24. The van der Waals surface area contributed by atoms with Crippen LogP contribution in [0, 0.1) is 18.6 Å². The van der Waals surface area contributed by atoms with Crippen molar-refractivity contribution in [2.24, 2.45) is 0 Å². The number of aromatic nitrogens is 5. The summed E-state index contributed by atoms with van der Waals surface area (Å²) in [5.41, 5.74) is 1.37. The van der Waals surface area contributed by atoms with Crippen molar-refractivity contribution < 1.29 is 13.3 Å². The van der Waals surface area contributed by atoms with Gasteiger partial charge < -0.3 is 4.52 Å². The molecule has 6 nitrogen and oxygen atoms in total. The van der Waals surface area contributed by atoms with E-state index in [1.807, 2.05) is 0 Å². The van der Waals surface area contributed by atoms with Crippen LogP contribution in [0.3, 0.4) is 0 Å². The molecular formula is C17H10ClF2N5O. The molecule has 0 aliphatic rings. The minimum atomic E-state index is -0.627. The topological polar surface area (TPSA) is 69.6 Å². The molecular weight excluding hydrogens is 364 g/mol. The predicted molar refractivity (Wildman–Crippen MR) is 89.8 cm³/mol. The Bertz CT molecular complexity index is 1090. The van der Waals surface area contributed by atoms with Gasteiger partial charge in [0, 0.05) is 16.7 Å². The van der Waals surface area contributed by atoms with E-state index >= 15 is 0 Å². The van der Waals surface area contributed by atoms with Crippen LogP contribution in [0.1, 0.15) is 5.69 Å². The van der Waals surface area contributed by atoms with E-state index < -0.39 is 11.6 Å². The van der Waals surface area contributed by atoms with E-state index in [9.17, 15) is 8.78 Å². The Labute approximate surface area is 151 Å². The largest absolute Gasteiger partial charge is 0.332 e. The highest BCUT2D eigenvalue weighted by Gasteiger charge is 2.20. The van der Waals surface area contributed by atoms with Gasteiger partial charge in [0.1, 0.15) is 17.3 Å². The van der Waals surface area contributed by atoms with Crippen LogP contribution in [0.2, 0.25) is 5.02 Å².